The van der Waals surface area contributed by atoms with Crippen LogP contribution in [-0.4, -0.2) is 50.7 Å². The second-order valence-corrected chi connectivity index (χ2v) is 8.62. The highest BCUT2D eigenvalue weighted by molar-refractivity contribution is 8.00. The Morgan fingerprint density at radius 3 is 2.75 bits per heavy atom. The minimum Gasteiger partial charge on any atom is -0.325 e. The van der Waals surface area contributed by atoms with Crippen molar-refractivity contribution in [1.82, 2.24) is 14.5 Å². The number of non-ortho nitro benzene ring substituents is 1. The van der Waals surface area contributed by atoms with Crippen molar-refractivity contribution < 1.29 is 9.72 Å². The van der Waals surface area contributed by atoms with Crippen LogP contribution in [0.1, 0.15) is 37.9 Å². The van der Waals surface area contributed by atoms with Crippen molar-refractivity contribution in [3.8, 4) is 0 Å². The zero-order valence-corrected chi connectivity index (χ0v) is 19.3. The summed E-state index contributed by atoms with van der Waals surface area (Å²) in [6.07, 6.45) is 3.77. The van der Waals surface area contributed by atoms with Gasteiger partial charge in [-0.2, -0.15) is 4.98 Å². The monoisotopic (exact) mass is 459 g/mol. The number of rotatable bonds is 10. The largest absolute Gasteiger partial charge is 0.348 e. The summed E-state index contributed by atoms with van der Waals surface area (Å²) in [6, 6.07) is 5.82. The lowest BCUT2D eigenvalue weighted by molar-refractivity contribution is -0.384. The number of aromatic nitrogens is 2. The molecule has 1 aromatic carbocycles. The van der Waals surface area contributed by atoms with Gasteiger partial charge in [0.2, 0.25) is 5.91 Å². The van der Waals surface area contributed by atoms with E-state index in [1.165, 1.54) is 30.0 Å². The van der Waals surface area contributed by atoms with Crippen LogP contribution < -0.4 is 11.0 Å². The van der Waals surface area contributed by atoms with Gasteiger partial charge in [0.1, 0.15) is 5.03 Å². The fraction of sp³-hybridized carbons (Fsp3) is 0.500. The van der Waals surface area contributed by atoms with E-state index >= 15 is 0 Å². The fourth-order valence-electron chi connectivity index (χ4n) is 3.91. The van der Waals surface area contributed by atoms with Gasteiger partial charge in [0, 0.05) is 42.2 Å². The van der Waals surface area contributed by atoms with Crippen LogP contribution in [0.5, 0.6) is 0 Å². The Labute approximate surface area is 191 Å². The second-order valence-electron chi connectivity index (χ2n) is 7.65. The fourth-order valence-corrected chi connectivity index (χ4v) is 4.78. The molecule has 0 unspecified atom stereocenters. The van der Waals surface area contributed by atoms with Gasteiger partial charge in [-0.15, -0.1) is 0 Å². The van der Waals surface area contributed by atoms with Gasteiger partial charge in [0.25, 0.3) is 5.69 Å². The topological polar surface area (TPSA) is 110 Å². The van der Waals surface area contributed by atoms with Crippen molar-refractivity contribution in [2.75, 3.05) is 30.7 Å². The van der Waals surface area contributed by atoms with Crippen molar-refractivity contribution in [3.05, 3.63) is 56.1 Å². The summed E-state index contributed by atoms with van der Waals surface area (Å²) < 4.78 is 1.81. The Hall–Kier alpha value is -2.72. The summed E-state index contributed by atoms with van der Waals surface area (Å²) in [5.74, 6) is -0.224. The number of fused-ring (bicyclic) bond motifs is 1. The van der Waals surface area contributed by atoms with E-state index in [-0.39, 0.29) is 23.0 Å². The molecule has 1 heterocycles. The van der Waals surface area contributed by atoms with Crippen LogP contribution in [0.2, 0.25) is 0 Å². The lowest BCUT2D eigenvalue weighted by Gasteiger charge is -2.24. The van der Waals surface area contributed by atoms with Gasteiger partial charge in [0.05, 0.1) is 10.7 Å². The number of hydrogen-bond acceptors (Lipinski definition) is 7. The molecule has 3 rings (SSSR count). The number of carbonyl (C=O) groups is 1. The van der Waals surface area contributed by atoms with Gasteiger partial charge in [-0.1, -0.05) is 31.7 Å². The molecule has 0 atom stereocenters. The lowest BCUT2D eigenvalue weighted by Crippen LogP contribution is -2.35. The van der Waals surface area contributed by atoms with Gasteiger partial charge in [0.15, 0.2) is 0 Å². The van der Waals surface area contributed by atoms with E-state index in [4.69, 9.17) is 0 Å². The molecule has 10 heteroatoms. The van der Waals surface area contributed by atoms with Crippen molar-refractivity contribution in [2.24, 2.45) is 0 Å². The van der Waals surface area contributed by atoms with Crippen molar-refractivity contribution in [1.29, 1.82) is 0 Å². The summed E-state index contributed by atoms with van der Waals surface area (Å²) >= 11 is 1.25. The van der Waals surface area contributed by atoms with E-state index in [9.17, 15) is 19.7 Å². The lowest BCUT2D eigenvalue weighted by atomic mass is 9.97. The zero-order chi connectivity index (χ0) is 23.1. The molecule has 32 heavy (non-hydrogen) atoms. The number of nitro benzene ring substituents is 1. The summed E-state index contributed by atoms with van der Waals surface area (Å²) in [7, 11) is 0. The van der Waals surface area contributed by atoms with Gasteiger partial charge < -0.3 is 10.2 Å². The smallest absolute Gasteiger partial charge is 0.325 e. The first-order valence-corrected chi connectivity index (χ1v) is 11.9. The molecule has 1 aliphatic rings. The highest BCUT2D eigenvalue weighted by Crippen LogP contribution is 2.28. The van der Waals surface area contributed by atoms with Crippen LogP contribution in [0, 0.1) is 10.1 Å². The first-order chi connectivity index (χ1) is 15.4. The van der Waals surface area contributed by atoms with Crippen LogP contribution in [0.15, 0.2) is 34.1 Å². The quantitative estimate of drug-likeness (QED) is 0.252. The Bertz CT molecular complexity index is 1040. The number of nitrogens with one attached hydrogen (secondary N) is 1. The average molecular weight is 460 g/mol. The molecule has 1 aliphatic carbocycles. The number of amides is 1. The maximum absolute atomic E-state index is 12.8. The maximum atomic E-state index is 12.8. The average Bonchev–Trinajstić information content (AvgIpc) is 2.79. The predicted octanol–water partition coefficient (Wildman–Crippen LogP) is 3.10. The molecule has 9 nitrogen and oxygen atoms in total. The number of nitrogens with zero attached hydrogens (tertiary/aromatic N) is 4. The summed E-state index contributed by atoms with van der Waals surface area (Å²) in [6.45, 7) is 7.52. The van der Waals surface area contributed by atoms with Crippen LogP contribution >= 0.6 is 11.8 Å². The summed E-state index contributed by atoms with van der Waals surface area (Å²) in [5.41, 5.74) is 2.14. The molecule has 2 aromatic rings. The molecule has 0 bridgehead atoms. The maximum Gasteiger partial charge on any atom is 0.348 e. The normalized spacial score (nSPS) is 13.1. The molecule has 1 aromatic heterocycles. The third-order valence-electron chi connectivity index (χ3n) is 5.67. The molecule has 1 amide bonds. The molecule has 0 fully saturated rings. The molecule has 172 valence electrons. The van der Waals surface area contributed by atoms with Gasteiger partial charge in [-0.25, -0.2) is 4.79 Å². The number of anilines is 1. The van der Waals surface area contributed by atoms with Crippen LogP contribution in [0.4, 0.5) is 11.4 Å². The predicted molar refractivity (Wildman–Crippen MR) is 125 cm³/mol. The summed E-state index contributed by atoms with van der Waals surface area (Å²) in [5, 5.41) is 14.2. The van der Waals surface area contributed by atoms with E-state index in [2.05, 4.69) is 29.0 Å². The Balaban J connectivity index is 1.72. The molecular formula is C22H29N5O4S. The SMILES string of the molecule is CCN(CC)CCn1c2c(c(SCC(=O)Nc3cccc([N+](=O)[O-])c3)nc1=O)CCCC2. The van der Waals surface area contributed by atoms with E-state index in [0.29, 0.717) is 17.3 Å². The number of carbonyl (C=O) groups excluding carboxylic acids is 1. The number of likely N-dealkylation sites (N-methyl/N-ethyl adjacent to an activating group) is 1. The summed E-state index contributed by atoms with van der Waals surface area (Å²) in [4.78, 5) is 42.2. The molecule has 0 aliphatic heterocycles. The van der Waals surface area contributed by atoms with E-state index < -0.39 is 4.92 Å². The third kappa shape index (κ3) is 5.95. The first-order valence-electron chi connectivity index (χ1n) is 10.9. The number of hydrogen-bond donors (Lipinski definition) is 1. The van der Waals surface area contributed by atoms with E-state index in [1.54, 1.807) is 10.6 Å². The number of thioether (sulfide) groups is 1. The standard InChI is InChI=1S/C22H29N5O4S/c1-3-25(4-2)12-13-26-19-11-6-5-10-18(19)21(24-22(26)29)32-15-20(28)23-16-8-7-9-17(14-16)27(30)31/h7-9,14H,3-6,10-13,15H2,1-2H3,(H,23,28). The van der Waals surface area contributed by atoms with E-state index in [1.807, 2.05) is 0 Å². The third-order valence-corrected chi connectivity index (χ3v) is 6.68. The minimum absolute atomic E-state index is 0.0744. The zero-order valence-electron chi connectivity index (χ0n) is 18.5. The minimum atomic E-state index is -0.504. The molecule has 0 saturated carbocycles. The molecule has 0 saturated heterocycles. The molecule has 1 N–H and O–H groups in total. The van der Waals surface area contributed by atoms with Gasteiger partial charge in [-0.3, -0.25) is 19.5 Å². The van der Waals surface area contributed by atoms with Gasteiger partial charge >= 0.3 is 5.69 Å². The highest BCUT2D eigenvalue weighted by Gasteiger charge is 2.21. The number of benzene rings is 1. The Kier molecular flexibility index (Phi) is 8.40. The molecule has 0 radical (unpaired) electrons. The number of nitro groups is 1. The molecule has 0 spiro atoms. The van der Waals surface area contributed by atoms with Crippen molar-refractivity contribution >= 4 is 29.0 Å². The van der Waals surface area contributed by atoms with E-state index in [0.717, 1.165) is 56.6 Å². The second kappa shape index (κ2) is 11.2. The van der Waals surface area contributed by atoms with Crippen LogP contribution in [0.25, 0.3) is 0 Å². The van der Waals surface area contributed by atoms with Crippen LogP contribution in [0.3, 0.4) is 0 Å². The van der Waals surface area contributed by atoms with Crippen molar-refractivity contribution in [2.45, 2.75) is 51.1 Å². The Morgan fingerprint density at radius 1 is 1.28 bits per heavy atom. The first kappa shape index (κ1) is 23.9. The van der Waals surface area contributed by atoms with Crippen LogP contribution in [-0.2, 0) is 24.2 Å². The Morgan fingerprint density at radius 2 is 2.03 bits per heavy atom. The van der Waals surface area contributed by atoms with Gasteiger partial charge in [-0.05, 0) is 44.8 Å². The van der Waals surface area contributed by atoms with Crippen molar-refractivity contribution in [3.63, 3.8) is 0 Å². The highest BCUT2D eigenvalue weighted by atomic mass is 32.2. The molecular weight excluding hydrogens is 430 g/mol.